The molecule has 0 saturated heterocycles. The molecule has 0 radical (unpaired) electrons. The Labute approximate surface area is 139 Å². The second-order valence-electron chi connectivity index (χ2n) is 4.82. The van der Waals surface area contributed by atoms with E-state index in [1.54, 1.807) is 23.6 Å². The molecule has 0 atom stereocenters. The molecule has 3 N–H and O–H groups in total. The van der Waals surface area contributed by atoms with Crippen molar-refractivity contribution in [2.45, 2.75) is 0 Å². The van der Waals surface area contributed by atoms with Gasteiger partial charge in [0, 0.05) is 17.5 Å². The summed E-state index contributed by atoms with van der Waals surface area (Å²) >= 11 is 1.19. The average Bonchev–Trinajstić information content (AvgIpc) is 3.00. The highest BCUT2D eigenvalue weighted by molar-refractivity contribution is 7.14. The summed E-state index contributed by atoms with van der Waals surface area (Å²) in [5.74, 6) is -0.667. The van der Waals surface area contributed by atoms with E-state index in [4.69, 9.17) is 14.9 Å². The summed E-state index contributed by atoms with van der Waals surface area (Å²) in [6, 6.07) is 9.41. The van der Waals surface area contributed by atoms with Gasteiger partial charge in [0.1, 0.15) is 16.3 Å². The number of nitrogens with one attached hydrogen (secondary N) is 1. The second kappa shape index (κ2) is 6.55. The Kier molecular flexibility index (Phi) is 4.30. The zero-order valence-corrected chi connectivity index (χ0v) is 13.1. The third-order valence-electron chi connectivity index (χ3n) is 3.15. The molecule has 0 aliphatic rings. The normalized spacial score (nSPS) is 10.5. The number of thiophene rings is 1. The van der Waals surface area contributed by atoms with Crippen LogP contribution in [0.4, 0.5) is 5.00 Å². The fourth-order valence-corrected chi connectivity index (χ4v) is 2.85. The van der Waals surface area contributed by atoms with Crippen molar-refractivity contribution in [2.75, 3.05) is 11.9 Å². The number of anilines is 1. The molecule has 1 aromatic carbocycles. The van der Waals surface area contributed by atoms with Crippen molar-refractivity contribution in [3.8, 4) is 5.75 Å². The quantitative estimate of drug-likeness (QED) is 0.687. The first-order valence-electron chi connectivity index (χ1n) is 6.87. The number of nitrogens with two attached hydrogens (primary N) is 1. The number of hydrogen-bond donors (Lipinski definition) is 2. The van der Waals surface area contributed by atoms with E-state index in [1.807, 2.05) is 0 Å². The lowest BCUT2D eigenvalue weighted by molar-refractivity contribution is -0.118. The van der Waals surface area contributed by atoms with Crippen LogP contribution in [0.5, 0.6) is 5.75 Å². The van der Waals surface area contributed by atoms with Gasteiger partial charge >= 0.3 is 5.63 Å². The van der Waals surface area contributed by atoms with Crippen molar-refractivity contribution in [3.05, 3.63) is 57.8 Å². The van der Waals surface area contributed by atoms with Crippen LogP contribution in [0.25, 0.3) is 11.0 Å². The largest absolute Gasteiger partial charge is 0.484 e. The van der Waals surface area contributed by atoms with Crippen LogP contribution in [-0.4, -0.2) is 18.4 Å². The smallest absolute Gasteiger partial charge is 0.336 e. The van der Waals surface area contributed by atoms with Gasteiger partial charge in [0.05, 0.1) is 5.56 Å². The molecule has 8 heteroatoms. The Morgan fingerprint density at radius 1 is 1.21 bits per heavy atom. The van der Waals surface area contributed by atoms with Crippen molar-refractivity contribution in [3.63, 3.8) is 0 Å². The van der Waals surface area contributed by atoms with E-state index < -0.39 is 17.4 Å². The van der Waals surface area contributed by atoms with Crippen LogP contribution < -0.4 is 21.4 Å². The summed E-state index contributed by atoms with van der Waals surface area (Å²) in [5.41, 5.74) is 5.37. The number of amides is 2. The molecule has 0 bridgehead atoms. The Morgan fingerprint density at radius 3 is 2.79 bits per heavy atom. The minimum atomic E-state index is -0.614. The zero-order chi connectivity index (χ0) is 17.1. The number of ether oxygens (including phenoxy) is 1. The summed E-state index contributed by atoms with van der Waals surface area (Å²) in [6.45, 7) is -0.265. The van der Waals surface area contributed by atoms with Crippen molar-refractivity contribution < 1.29 is 18.7 Å². The molecule has 24 heavy (non-hydrogen) atoms. The predicted octanol–water partition coefficient (Wildman–Crippen LogP) is 1.97. The summed E-state index contributed by atoms with van der Waals surface area (Å²) in [5, 5.41) is 5.35. The van der Waals surface area contributed by atoms with Gasteiger partial charge in [-0.15, -0.1) is 11.3 Å². The minimum absolute atomic E-state index is 0.251. The first kappa shape index (κ1) is 15.8. The fraction of sp³-hybridized carbons (Fsp3) is 0.0625. The van der Waals surface area contributed by atoms with E-state index in [2.05, 4.69) is 5.32 Å². The van der Waals surface area contributed by atoms with Crippen LogP contribution >= 0.6 is 11.3 Å². The Morgan fingerprint density at radius 2 is 2.00 bits per heavy atom. The SMILES string of the molecule is NC(=O)c1ccsc1NC(=O)COc1ccc2ccc(=O)oc2c1. The highest BCUT2D eigenvalue weighted by Gasteiger charge is 2.13. The lowest BCUT2D eigenvalue weighted by Gasteiger charge is -2.07. The van der Waals surface area contributed by atoms with E-state index >= 15 is 0 Å². The van der Waals surface area contributed by atoms with Crippen LogP contribution in [0.15, 0.2) is 51.0 Å². The van der Waals surface area contributed by atoms with E-state index in [-0.39, 0.29) is 12.2 Å². The monoisotopic (exact) mass is 344 g/mol. The Balaban J connectivity index is 1.67. The van der Waals surface area contributed by atoms with Crippen LogP contribution in [0.3, 0.4) is 0 Å². The molecule has 3 rings (SSSR count). The summed E-state index contributed by atoms with van der Waals surface area (Å²) in [4.78, 5) is 34.3. The molecule has 0 unspecified atom stereocenters. The van der Waals surface area contributed by atoms with Gasteiger partial charge in [0.25, 0.3) is 11.8 Å². The maximum atomic E-state index is 11.9. The molecule has 0 spiro atoms. The van der Waals surface area contributed by atoms with Gasteiger partial charge in [0.15, 0.2) is 6.61 Å². The average molecular weight is 344 g/mol. The van der Waals surface area contributed by atoms with Crippen LogP contribution in [0.1, 0.15) is 10.4 Å². The summed E-state index contributed by atoms with van der Waals surface area (Å²) in [7, 11) is 0. The lowest BCUT2D eigenvalue weighted by Crippen LogP contribution is -2.21. The first-order valence-corrected chi connectivity index (χ1v) is 7.75. The Bertz CT molecular complexity index is 976. The maximum Gasteiger partial charge on any atom is 0.336 e. The van der Waals surface area contributed by atoms with E-state index in [9.17, 15) is 14.4 Å². The van der Waals surface area contributed by atoms with E-state index in [1.165, 1.54) is 29.5 Å². The fourth-order valence-electron chi connectivity index (χ4n) is 2.04. The molecule has 0 saturated carbocycles. The van der Waals surface area contributed by atoms with Gasteiger partial charge < -0.3 is 20.2 Å². The third kappa shape index (κ3) is 3.44. The number of fused-ring (bicyclic) bond motifs is 1. The van der Waals surface area contributed by atoms with Gasteiger partial charge in [-0.25, -0.2) is 4.79 Å². The van der Waals surface area contributed by atoms with Gasteiger partial charge in [-0.05, 0) is 29.6 Å². The standard InChI is InChI=1S/C16H12N2O5S/c17-15(21)11-5-6-24-16(11)18-13(19)8-22-10-3-1-9-2-4-14(20)23-12(9)7-10/h1-7H,8H2,(H2,17,21)(H,18,19). The third-order valence-corrected chi connectivity index (χ3v) is 3.98. The highest BCUT2D eigenvalue weighted by Crippen LogP contribution is 2.23. The van der Waals surface area contributed by atoms with Crippen molar-refractivity contribution >= 4 is 39.1 Å². The maximum absolute atomic E-state index is 11.9. The molecule has 0 fully saturated rings. The minimum Gasteiger partial charge on any atom is -0.484 e. The molecule has 0 aliphatic carbocycles. The second-order valence-corrected chi connectivity index (χ2v) is 5.73. The molecule has 0 aliphatic heterocycles. The van der Waals surface area contributed by atoms with Crippen LogP contribution in [0.2, 0.25) is 0 Å². The topological polar surface area (TPSA) is 112 Å². The summed E-state index contributed by atoms with van der Waals surface area (Å²) < 4.78 is 10.4. The number of primary amides is 1. The molecule has 2 amide bonds. The van der Waals surface area contributed by atoms with Crippen LogP contribution in [-0.2, 0) is 4.79 Å². The lowest BCUT2D eigenvalue weighted by atomic mass is 10.2. The van der Waals surface area contributed by atoms with Crippen molar-refractivity contribution in [1.82, 2.24) is 0 Å². The van der Waals surface area contributed by atoms with Crippen molar-refractivity contribution in [1.29, 1.82) is 0 Å². The molecule has 7 nitrogen and oxygen atoms in total. The number of hydrogen-bond acceptors (Lipinski definition) is 6. The number of rotatable bonds is 5. The highest BCUT2D eigenvalue weighted by atomic mass is 32.1. The molecule has 3 aromatic rings. The first-order chi connectivity index (χ1) is 11.5. The van der Waals surface area contributed by atoms with Gasteiger partial charge in [0.2, 0.25) is 0 Å². The van der Waals surface area contributed by atoms with E-state index in [0.29, 0.717) is 16.3 Å². The molecular formula is C16H12N2O5S. The summed E-state index contributed by atoms with van der Waals surface area (Å²) in [6.07, 6.45) is 0. The Hall–Kier alpha value is -3.13. The van der Waals surface area contributed by atoms with Gasteiger partial charge in [-0.2, -0.15) is 0 Å². The van der Waals surface area contributed by atoms with Gasteiger partial charge in [-0.3, -0.25) is 9.59 Å². The molecule has 2 aromatic heterocycles. The van der Waals surface area contributed by atoms with Crippen LogP contribution in [0, 0.1) is 0 Å². The number of carbonyl (C=O) groups is 2. The zero-order valence-electron chi connectivity index (χ0n) is 12.3. The number of benzene rings is 1. The molecular weight excluding hydrogens is 332 g/mol. The predicted molar refractivity (Wildman–Crippen MR) is 89.4 cm³/mol. The van der Waals surface area contributed by atoms with E-state index in [0.717, 1.165) is 5.39 Å². The van der Waals surface area contributed by atoms with Gasteiger partial charge in [-0.1, -0.05) is 0 Å². The molecule has 122 valence electrons. The number of carbonyl (C=O) groups excluding carboxylic acids is 2. The van der Waals surface area contributed by atoms with Crippen molar-refractivity contribution in [2.24, 2.45) is 5.73 Å². The molecule has 2 heterocycles.